The van der Waals surface area contributed by atoms with Crippen molar-refractivity contribution < 1.29 is 27.9 Å². The van der Waals surface area contributed by atoms with Crippen LogP contribution < -0.4 is 0 Å². The number of carbonyl (C=O) groups excluding carboxylic acids is 1. The molecule has 0 spiro atoms. The molecule has 0 bridgehead atoms. The third kappa shape index (κ3) is 4.23. The maximum atomic E-state index is 12.4. The van der Waals surface area contributed by atoms with E-state index in [1.54, 1.807) is 0 Å². The van der Waals surface area contributed by atoms with Gasteiger partial charge in [-0.25, -0.2) is 4.79 Å². The number of thiophene rings is 1. The van der Waals surface area contributed by atoms with E-state index < -0.39 is 30.6 Å². The van der Waals surface area contributed by atoms with Crippen LogP contribution >= 0.6 is 11.3 Å². The predicted molar refractivity (Wildman–Crippen MR) is 63.5 cm³/mol. The van der Waals surface area contributed by atoms with Crippen LogP contribution in [0.5, 0.6) is 0 Å². The summed E-state index contributed by atoms with van der Waals surface area (Å²) in [5.41, 5.74) is 0. The van der Waals surface area contributed by atoms with Crippen molar-refractivity contribution in [2.45, 2.75) is 26.1 Å². The zero-order chi connectivity index (χ0) is 14.8. The molecule has 0 unspecified atom stereocenters. The lowest BCUT2D eigenvalue weighted by molar-refractivity contribution is -0.143. The lowest BCUT2D eigenvalue weighted by atomic mass is 10.3. The Balaban J connectivity index is 2.96. The predicted octanol–water partition coefficient (Wildman–Crippen LogP) is 2.86. The molecule has 1 amide bonds. The average molecular weight is 295 g/mol. The number of carbonyl (C=O) groups is 2. The van der Waals surface area contributed by atoms with Crippen LogP contribution in [0.2, 0.25) is 0 Å². The van der Waals surface area contributed by atoms with Crippen LogP contribution in [0.25, 0.3) is 0 Å². The fourth-order valence-corrected chi connectivity index (χ4v) is 2.19. The second-order valence-corrected chi connectivity index (χ2v) is 5.19. The molecular formula is C11H12F3NO3S. The Kier molecular flexibility index (Phi) is 4.56. The molecule has 0 aliphatic heterocycles. The van der Waals surface area contributed by atoms with Crippen LogP contribution in [-0.4, -0.2) is 40.6 Å². The van der Waals surface area contributed by atoms with Gasteiger partial charge >= 0.3 is 12.1 Å². The largest absolute Gasteiger partial charge is 0.477 e. The van der Waals surface area contributed by atoms with Gasteiger partial charge in [-0.15, -0.1) is 11.3 Å². The highest BCUT2D eigenvalue weighted by atomic mass is 32.1. The average Bonchev–Trinajstić information content (AvgIpc) is 2.72. The zero-order valence-corrected chi connectivity index (χ0v) is 11.0. The number of halogens is 3. The van der Waals surface area contributed by atoms with Crippen molar-refractivity contribution in [2.24, 2.45) is 0 Å². The van der Waals surface area contributed by atoms with Crippen LogP contribution in [0.4, 0.5) is 13.2 Å². The molecule has 1 aromatic rings. The maximum absolute atomic E-state index is 12.4. The number of nitrogens with zero attached hydrogens (tertiary/aromatic N) is 1. The van der Waals surface area contributed by atoms with E-state index in [0.717, 1.165) is 0 Å². The van der Waals surface area contributed by atoms with Gasteiger partial charge in [0.05, 0.1) is 4.88 Å². The van der Waals surface area contributed by atoms with Gasteiger partial charge in [-0.3, -0.25) is 4.79 Å². The number of carboxylic acids is 1. The van der Waals surface area contributed by atoms with E-state index in [9.17, 15) is 22.8 Å². The number of rotatable bonds is 4. The number of aromatic carboxylic acids is 1. The minimum absolute atomic E-state index is 0.0182. The summed E-state index contributed by atoms with van der Waals surface area (Å²) in [6.45, 7) is 1.58. The second kappa shape index (κ2) is 5.60. The molecule has 106 valence electrons. The van der Waals surface area contributed by atoms with Crippen molar-refractivity contribution >= 4 is 23.2 Å². The van der Waals surface area contributed by atoms with Crippen LogP contribution in [0.3, 0.4) is 0 Å². The third-order valence-electron chi connectivity index (χ3n) is 2.26. The SMILES string of the molecule is CC(C)N(CC(F)(F)F)C(=O)c1ccc(C(=O)O)s1. The molecule has 0 saturated heterocycles. The van der Waals surface area contributed by atoms with Gasteiger partial charge < -0.3 is 10.0 Å². The number of alkyl halides is 3. The molecule has 1 heterocycles. The highest BCUT2D eigenvalue weighted by Gasteiger charge is 2.35. The van der Waals surface area contributed by atoms with Gasteiger partial charge in [0.2, 0.25) is 0 Å². The van der Waals surface area contributed by atoms with Gasteiger partial charge in [-0.05, 0) is 26.0 Å². The van der Waals surface area contributed by atoms with Crippen LogP contribution in [0.15, 0.2) is 12.1 Å². The molecule has 0 atom stereocenters. The molecular weight excluding hydrogens is 283 g/mol. The zero-order valence-electron chi connectivity index (χ0n) is 10.2. The first kappa shape index (κ1) is 15.5. The summed E-state index contributed by atoms with van der Waals surface area (Å²) in [6.07, 6.45) is -4.49. The van der Waals surface area contributed by atoms with Gasteiger partial charge in [-0.1, -0.05) is 0 Å². The molecule has 1 rings (SSSR count). The van der Waals surface area contributed by atoms with Gasteiger partial charge in [-0.2, -0.15) is 13.2 Å². The molecule has 0 aliphatic rings. The Morgan fingerprint density at radius 1 is 1.32 bits per heavy atom. The molecule has 0 fully saturated rings. The fourth-order valence-electron chi connectivity index (χ4n) is 1.39. The Hall–Kier alpha value is -1.57. The summed E-state index contributed by atoms with van der Waals surface area (Å²) in [6, 6.07) is 1.79. The number of hydrogen-bond donors (Lipinski definition) is 1. The van der Waals surface area contributed by atoms with E-state index >= 15 is 0 Å². The number of hydrogen-bond acceptors (Lipinski definition) is 3. The van der Waals surface area contributed by atoms with E-state index in [1.165, 1.54) is 26.0 Å². The molecule has 0 radical (unpaired) electrons. The van der Waals surface area contributed by atoms with Crippen molar-refractivity contribution in [3.8, 4) is 0 Å². The summed E-state index contributed by atoms with van der Waals surface area (Å²) in [4.78, 5) is 23.2. The topological polar surface area (TPSA) is 57.6 Å². The van der Waals surface area contributed by atoms with Crippen LogP contribution in [-0.2, 0) is 0 Å². The fraction of sp³-hybridized carbons (Fsp3) is 0.455. The van der Waals surface area contributed by atoms with E-state index in [1.807, 2.05) is 0 Å². The molecule has 1 aromatic heterocycles. The molecule has 0 saturated carbocycles. The normalized spacial score (nSPS) is 11.7. The summed E-state index contributed by atoms with van der Waals surface area (Å²) in [5.74, 6) is -2.03. The molecule has 0 aliphatic carbocycles. The van der Waals surface area contributed by atoms with E-state index in [2.05, 4.69) is 0 Å². The lowest BCUT2D eigenvalue weighted by Crippen LogP contribution is -2.43. The van der Waals surface area contributed by atoms with Crippen LogP contribution in [0.1, 0.15) is 33.2 Å². The van der Waals surface area contributed by atoms with Crippen LogP contribution in [0, 0.1) is 0 Å². The third-order valence-corrected chi connectivity index (χ3v) is 3.32. The Labute approximate surface area is 111 Å². The van der Waals surface area contributed by atoms with Crippen molar-refractivity contribution in [1.82, 2.24) is 4.90 Å². The van der Waals surface area contributed by atoms with E-state index in [-0.39, 0.29) is 9.75 Å². The highest BCUT2D eigenvalue weighted by molar-refractivity contribution is 7.15. The van der Waals surface area contributed by atoms with Crippen molar-refractivity contribution in [3.63, 3.8) is 0 Å². The molecule has 0 aromatic carbocycles. The number of carboxylic acid groups (broad SMARTS) is 1. The first-order valence-electron chi connectivity index (χ1n) is 5.32. The molecule has 1 N–H and O–H groups in total. The maximum Gasteiger partial charge on any atom is 0.406 e. The van der Waals surface area contributed by atoms with Gasteiger partial charge in [0.15, 0.2) is 0 Å². The summed E-state index contributed by atoms with van der Waals surface area (Å²) >= 11 is 0.663. The summed E-state index contributed by atoms with van der Waals surface area (Å²) in [5, 5.41) is 8.72. The molecule has 4 nitrogen and oxygen atoms in total. The lowest BCUT2D eigenvalue weighted by Gasteiger charge is -2.27. The highest BCUT2D eigenvalue weighted by Crippen LogP contribution is 2.23. The van der Waals surface area contributed by atoms with Crippen molar-refractivity contribution in [2.75, 3.05) is 6.54 Å². The minimum Gasteiger partial charge on any atom is -0.477 e. The Morgan fingerprint density at radius 3 is 2.21 bits per heavy atom. The smallest absolute Gasteiger partial charge is 0.406 e. The quantitative estimate of drug-likeness (QED) is 0.929. The van der Waals surface area contributed by atoms with Gasteiger partial charge in [0.25, 0.3) is 5.91 Å². The number of amides is 1. The van der Waals surface area contributed by atoms with Crippen molar-refractivity contribution in [3.05, 3.63) is 21.9 Å². The second-order valence-electron chi connectivity index (χ2n) is 4.11. The van der Waals surface area contributed by atoms with Gasteiger partial charge in [0.1, 0.15) is 11.4 Å². The summed E-state index contributed by atoms with van der Waals surface area (Å²) in [7, 11) is 0. The van der Waals surface area contributed by atoms with Crippen molar-refractivity contribution in [1.29, 1.82) is 0 Å². The standard InChI is InChI=1S/C11H12F3NO3S/c1-6(2)15(5-11(12,13)14)9(16)7-3-4-8(19-7)10(17)18/h3-4,6H,5H2,1-2H3,(H,17,18). The van der Waals surface area contributed by atoms with E-state index in [0.29, 0.717) is 16.2 Å². The summed E-state index contributed by atoms with van der Waals surface area (Å²) < 4.78 is 37.2. The Morgan fingerprint density at radius 2 is 1.84 bits per heavy atom. The minimum atomic E-state index is -4.49. The first-order valence-corrected chi connectivity index (χ1v) is 6.14. The molecule has 8 heteroatoms. The van der Waals surface area contributed by atoms with Gasteiger partial charge in [0, 0.05) is 6.04 Å². The Bertz CT molecular complexity index is 482. The first-order chi connectivity index (χ1) is 8.61. The molecule has 19 heavy (non-hydrogen) atoms. The van der Waals surface area contributed by atoms with E-state index in [4.69, 9.17) is 5.11 Å². The monoisotopic (exact) mass is 295 g/mol.